The van der Waals surface area contributed by atoms with E-state index >= 15 is 0 Å². The maximum absolute atomic E-state index is 14.0. The summed E-state index contributed by atoms with van der Waals surface area (Å²) in [4.78, 5) is 41.0. The molecule has 2 amide bonds. The van der Waals surface area contributed by atoms with E-state index < -0.39 is 41.6 Å². The zero-order valence-electron chi connectivity index (χ0n) is 26.3. The van der Waals surface area contributed by atoms with Crippen LogP contribution in [0.2, 0.25) is 0 Å². The predicted molar refractivity (Wildman–Crippen MR) is 170 cm³/mol. The number of aromatic nitrogens is 3. The second-order valence-corrected chi connectivity index (χ2v) is 13.1. The van der Waals surface area contributed by atoms with Gasteiger partial charge in [-0.25, -0.2) is 9.97 Å². The number of anilines is 1. The highest BCUT2D eigenvalue weighted by Crippen LogP contribution is 2.59. The Kier molecular flexibility index (Phi) is 6.62. The molecule has 0 saturated carbocycles. The van der Waals surface area contributed by atoms with Crippen LogP contribution >= 0.6 is 0 Å². The number of nitrogens with one attached hydrogen (secondary N) is 3. The van der Waals surface area contributed by atoms with Gasteiger partial charge in [-0.2, -0.15) is 0 Å². The molecule has 0 aliphatic carbocycles. The summed E-state index contributed by atoms with van der Waals surface area (Å²) in [7, 11) is 0. The van der Waals surface area contributed by atoms with Crippen LogP contribution in [0.1, 0.15) is 62.1 Å². The van der Waals surface area contributed by atoms with Crippen molar-refractivity contribution >= 4 is 28.6 Å². The molecule has 3 aromatic heterocycles. The van der Waals surface area contributed by atoms with Crippen molar-refractivity contribution in [2.45, 2.75) is 63.9 Å². The van der Waals surface area contributed by atoms with Crippen LogP contribution < -0.4 is 20.7 Å². The minimum Gasteiger partial charge on any atom is -0.469 e. The van der Waals surface area contributed by atoms with Gasteiger partial charge in [-0.05, 0) is 35.1 Å². The lowest BCUT2D eigenvalue weighted by Gasteiger charge is -2.29. The molecule has 4 N–H and O–H groups in total. The van der Waals surface area contributed by atoms with Crippen molar-refractivity contribution in [2.75, 3.05) is 5.32 Å². The highest BCUT2D eigenvalue weighted by molar-refractivity contribution is 5.90. The number of carbonyl (C=O) groups excluding carboxylic acids is 2. The molecule has 1 spiro atoms. The largest absolute Gasteiger partial charge is 0.469 e. The molecule has 0 fully saturated rings. The van der Waals surface area contributed by atoms with Gasteiger partial charge in [0.2, 0.25) is 23.6 Å². The second-order valence-electron chi connectivity index (χ2n) is 13.1. The Balaban J connectivity index is 1.38. The van der Waals surface area contributed by atoms with Gasteiger partial charge in [0.25, 0.3) is 0 Å². The summed E-state index contributed by atoms with van der Waals surface area (Å²) in [6, 6.07) is 13.8. The van der Waals surface area contributed by atoms with Gasteiger partial charge in [0, 0.05) is 29.9 Å². The van der Waals surface area contributed by atoms with Crippen LogP contribution in [0, 0.1) is 11.8 Å². The first kappa shape index (κ1) is 29.2. The number of benzene rings is 2. The molecule has 0 radical (unpaired) electrons. The highest BCUT2D eigenvalue weighted by atomic mass is 16.5. The summed E-state index contributed by atoms with van der Waals surface area (Å²) in [6.07, 6.45) is 1.57. The van der Waals surface area contributed by atoms with Crippen LogP contribution in [0.15, 0.2) is 69.8 Å². The van der Waals surface area contributed by atoms with Crippen molar-refractivity contribution < 1.29 is 28.3 Å². The summed E-state index contributed by atoms with van der Waals surface area (Å²) in [5.74, 6) is 0.0743. The molecule has 5 atom stereocenters. The van der Waals surface area contributed by atoms with Crippen molar-refractivity contribution in [1.82, 2.24) is 25.6 Å². The van der Waals surface area contributed by atoms with Crippen LogP contribution in [-0.4, -0.2) is 50.2 Å². The lowest BCUT2D eigenvalue weighted by Crippen LogP contribution is -2.52. The van der Waals surface area contributed by atoms with E-state index in [1.165, 1.54) is 0 Å². The Morgan fingerprint density at radius 1 is 1.04 bits per heavy atom. The molecule has 2 aromatic carbocycles. The van der Waals surface area contributed by atoms with Crippen molar-refractivity contribution in [1.29, 1.82) is 0 Å². The third-order valence-electron chi connectivity index (χ3n) is 9.34. The first-order valence-electron chi connectivity index (χ1n) is 15.8. The second kappa shape index (κ2) is 10.7. The molecule has 6 heterocycles. The Morgan fingerprint density at radius 2 is 1.87 bits per heavy atom. The minimum absolute atomic E-state index is 0.165. The normalized spacial score (nSPS) is 23.3. The average Bonchev–Trinajstić information content (AvgIpc) is 3.81. The topological polar surface area (TPSA) is 165 Å². The van der Waals surface area contributed by atoms with E-state index in [2.05, 4.69) is 20.9 Å². The van der Waals surface area contributed by atoms with E-state index in [1.807, 2.05) is 56.3 Å². The van der Waals surface area contributed by atoms with Gasteiger partial charge >= 0.3 is 0 Å². The molecule has 3 unspecified atom stereocenters. The van der Waals surface area contributed by atoms with Crippen LogP contribution in [0.3, 0.4) is 0 Å². The van der Waals surface area contributed by atoms with E-state index in [-0.39, 0.29) is 30.0 Å². The third kappa shape index (κ3) is 4.42. The fourth-order valence-corrected chi connectivity index (χ4v) is 6.89. The van der Waals surface area contributed by atoms with Gasteiger partial charge in [0.1, 0.15) is 34.9 Å². The molecule has 0 saturated heterocycles. The third-order valence-corrected chi connectivity index (χ3v) is 9.34. The number of carbonyl (C=O) groups is 2. The van der Waals surface area contributed by atoms with Crippen LogP contribution in [-0.2, 0) is 21.4 Å². The molecule has 3 aliphatic heterocycles. The molecule has 12 nitrogen and oxygen atoms in total. The smallest absolute Gasteiger partial charge is 0.250 e. The number of oxazole rings is 2. The summed E-state index contributed by atoms with van der Waals surface area (Å²) in [5.41, 5.74) is 3.88. The Morgan fingerprint density at radius 3 is 2.66 bits per heavy atom. The Bertz CT molecular complexity index is 2020. The number of hydrogen-bond donors (Lipinski definition) is 4. The first-order valence-corrected chi connectivity index (χ1v) is 15.8. The van der Waals surface area contributed by atoms with Gasteiger partial charge in [-0.1, -0.05) is 58.0 Å². The zero-order valence-corrected chi connectivity index (χ0v) is 26.3. The van der Waals surface area contributed by atoms with Gasteiger partial charge in [0.15, 0.2) is 23.3 Å². The number of hydrogen-bond acceptors (Lipinski definition) is 10. The maximum Gasteiger partial charge on any atom is 0.250 e. The van der Waals surface area contributed by atoms with Crippen LogP contribution in [0.4, 0.5) is 5.69 Å². The molecular weight excluding hydrogens is 600 g/mol. The zero-order chi connectivity index (χ0) is 32.6. The number of aliphatic hydroxyl groups excluding tert-OH is 1. The fraction of sp³-hybridized carbons (Fsp3) is 0.343. The Labute approximate surface area is 270 Å². The molecule has 3 aliphatic rings. The Hall–Kier alpha value is -5.23. The summed E-state index contributed by atoms with van der Waals surface area (Å²) in [6.45, 7) is 7.40. The molecule has 8 rings (SSSR count). The molecule has 12 heteroatoms. The number of aliphatic hydroxyl groups is 1. The van der Waals surface area contributed by atoms with Gasteiger partial charge < -0.3 is 34.6 Å². The van der Waals surface area contributed by atoms with Crippen LogP contribution in [0.5, 0.6) is 5.75 Å². The first-order chi connectivity index (χ1) is 22.6. The lowest BCUT2D eigenvalue weighted by atomic mass is 9.72. The van der Waals surface area contributed by atoms with E-state index in [1.54, 1.807) is 32.3 Å². The maximum atomic E-state index is 14.0. The summed E-state index contributed by atoms with van der Waals surface area (Å²) >= 11 is 0. The summed E-state index contributed by atoms with van der Waals surface area (Å²) < 4.78 is 19.7. The fourth-order valence-electron chi connectivity index (χ4n) is 6.89. The predicted octanol–water partition coefficient (Wildman–Crippen LogP) is 4.23. The lowest BCUT2D eigenvalue weighted by molar-refractivity contribution is -0.135. The van der Waals surface area contributed by atoms with Crippen LogP contribution in [0.25, 0.3) is 22.7 Å². The quantitative estimate of drug-likeness (QED) is 0.220. The monoisotopic (exact) mass is 634 g/mol. The number of nitrogens with zero attached hydrogens (tertiary/aromatic N) is 3. The van der Waals surface area contributed by atoms with E-state index in [9.17, 15) is 14.7 Å². The van der Waals surface area contributed by atoms with Gasteiger partial charge in [-0.3, -0.25) is 14.6 Å². The molecule has 240 valence electrons. The average molecular weight is 635 g/mol. The standard InChI is InChI=1S/C35H34N6O6/c1-16(2)26-32-41-27(33-38-23-15-36-12-11-25(23)45-33)29(47-32)35-19-7-5-6-8-21(19)39-34(35)46-24-10-9-18(13-20(24)35)14-22(30(43)40-26)37-31(44)28(42)17(3)4/h5-13,15-17,22,26,28,34,39,42H,14H2,1-4H3,(H,37,44)(H,40,43)/t22-,26?,28-,34?,35?/m0/s1. The number of fused-ring (bicyclic) bond motifs is 5. The number of rotatable bonds is 5. The molecule has 47 heavy (non-hydrogen) atoms. The SMILES string of the molecule is CC(C)C1NC(=O)[C@@H](NC(=O)[C@@H](O)C(C)C)Cc2ccc3c(c2)C2(c4ccccc4NC2O3)c2oc1nc2-c1nc2cnccc2o1. The molecule has 4 bridgehead atoms. The van der Waals surface area contributed by atoms with E-state index in [4.69, 9.17) is 23.5 Å². The molecular formula is C35H34N6O6. The van der Waals surface area contributed by atoms with Crippen molar-refractivity contribution in [3.63, 3.8) is 0 Å². The van der Waals surface area contributed by atoms with E-state index in [0.717, 1.165) is 22.4 Å². The van der Waals surface area contributed by atoms with Gasteiger partial charge in [-0.15, -0.1) is 0 Å². The summed E-state index contributed by atoms with van der Waals surface area (Å²) in [5, 5.41) is 20.0. The minimum atomic E-state index is -1.27. The van der Waals surface area contributed by atoms with Crippen molar-refractivity contribution in [3.05, 3.63) is 89.3 Å². The number of pyridine rings is 1. The highest BCUT2D eigenvalue weighted by Gasteiger charge is 2.61. The number of para-hydroxylation sites is 1. The number of ether oxygens (including phenoxy) is 1. The van der Waals surface area contributed by atoms with Crippen molar-refractivity contribution in [2.24, 2.45) is 11.8 Å². The van der Waals surface area contributed by atoms with Crippen molar-refractivity contribution in [3.8, 4) is 17.3 Å². The van der Waals surface area contributed by atoms with E-state index in [0.29, 0.717) is 28.3 Å². The number of amides is 2. The molecule has 5 aromatic rings. The van der Waals surface area contributed by atoms with Gasteiger partial charge in [0.05, 0.1) is 6.20 Å².